The van der Waals surface area contributed by atoms with Gasteiger partial charge in [-0.25, -0.2) is 0 Å². The van der Waals surface area contributed by atoms with Gasteiger partial charge in [-0.15, -0.1) is 0 Å². The van der Waals surface area contributed by atoms with E-state index in [1.807, 2.05) is 18.3 Å². The second-order valence-corrected chi connectivity index (χ2v) is 3.88. The molecule has 102 valence electrons. The molecular weight excluding hydrogens is 242 g/mol. The van der Waals surface area contributed by atoms with Crippen LogP contribution in [0.2, 0.25) is 0 Å². The largest absolute Gasteiger partial charge is 0.495 e. The van der Waals surface area contributed by atoms with Gasteiger partial charge in [-0.2, -0.15) is 5.26 Å². The van der Waals surface area contributed by atoms with E-state index in [1.165, 1.54) is 0 Å². The number of nitrogens with one attached hydrogen (secondary N) is 2. The van der Waals surface area contributed by atoms with Gasteiger partial charge in [-0.05, 0) is 31.4 Å². The molecule has 0 unspecified atom stereocenters. The van der Waals surface area contributed by atoms with E-state index in [-0.39, 0.29) is 0 Å². The Labute approximate surface area is 113 Å². The average Bonchev–Trinajstić information content (AvgIpc) is 2.46. The zero-order valence-corrected chi connectivity index (χ0v) is 11.3. The molecule has 19 heavy (non-hydrogen) atoms. The van der Waals surface area contributed by atoms with E-state index >= 15 is 0 Å². The molecule has 1 heterocycles. The fourth-order valence-electron chi connectivity index (χ4n) is 1.55. The van der Waals surface area contributed by atoms with Crippen LogP contribution < -0.4 is 15.4 Å². The zero-order valence-electron chi connectivity index (χ0n) is 11.3. The smallest absolute Gasteiger partial charge is 0.204 e. The average molecular weight is 261 g/mol. The maximum atomic E-state index is 8.46. The number of nitriles is 1. The normalized spacial score (nSPS) is 10.7. The van der Waals surface area contributed by atoms with Gasteiger partial charge in [0.2, 0.25) is 5.96 Å². The Balaban J connectivity index is 2.18. The molecule has 6 nitrogen and oxygen atoms in total. The minimum absolute atomic E-state index is 0.505. The summed E-state index contributed by atoms with van der Waals surface area (Å²) in [5.41, 5.74) is 1.06. The summed E-state index contributed by atoms with van der Waals surface area (Å²) in [6.45, 7) is 0.775. The molecule has 6 heteroatoms. The highest BCUT2D eigenvalue weighted by Gasteiger charge is 1.98. The summed E-state index contributed by atoms with van der Waals surface area (Å²) in [6, 6.07) is 3.89. The number of hydrogen-bond donors (Lipinski definition) is 2. The molecule has 0 aromatic carbocycles. The van der Waals surface area contributed by atoms with E-state index in [0.29, 0.717) is 5.96 Å². The van der Waals surface area contributed by atoms with Gasteiger partial charge in [0, 0.05) is 19.3 Å². The number of nitrogens with zero attached hydrogens (tertiary/aromatic N) is 3. The van der Waals surface area contributed by atoms with Crippen molar-refractivity contribution in [3.8, 4) is 11.9 Å². The standard InChI is InChI=1S/C13H19N5O/c1-15-13(18-10-14)16-8-4-3-5-11-6-7-12(19-2)9-17-11/h6-7,9H,3-5,8H2,1-2H3,(H2,15,16,18). The number of aliphatic imine (C=N–C) groups is 1. The van der Waals surface area contributed by atoms with E-state index in [9.17, 15) is 0 Å². The first kappa shape index (κ1) is 14.8. The lowest BCUT2D eigenvalue weighted by Crippen LogP contribution is -2.34. The zero-order chi connectivity index (χ0) is 13.9. The third-order valence-electron chi connectivity index (χ3n) is 2.58. The lowest BCUT2D eigenvalue weighted by Gasteiger charge is -2.06. The summed E-state index contributed by atoms with van der Waals surface area (Å²) in [4.78, 5) is 8.20. The van der Waals surface area contributed by atoms with E-state index < -0.39 is 0 Å². The fraction of sp³-hybridized carbons (Fsp3) is 0.462. The van der Waals surface area contributed by atoms with Gasteiger partial charge in [-0.1, -0.05) is 0 Å². The van der Waals surface area contributed by atoms with Crippen molar-refractivity contribution in [2.75, 3.05) is 20.7 Å². The number of pyridine rings is 1. The minimum Gasteiger partial charge on any atom is -0.495 e. The molecule has 0 atom stereocenters. The third-order valence-corrected chi connectivity index (χ3v) is 2.58. The highest BCUT2D eigenvalue weighted by atomic mass is 16.5. The van der Waals surface area contributed by atoms with Gasteiger partial charge >= 0.3 is 0 Å². The quantitative estimate of drug-likeness (QED) is 0.263. The summed E-state index contributed by atoms with van der Waals surface area (Å²) in [7, 11) is 3.26. The molecule has 0 amide bonds. The van der Waals surface area contributed by atoms with Crippen molar-refractivity contribution in [1.82, 2.24) is 15.6 Å². The van der Waals surface area contributed by atoms with Crippen molar-refractivity contribution in [1.29, 1.82) is 5.26 Å². The van der Waals surface area contributed by atoms with Crippen molar-refractivity contribution < 1.29 is 4.74 Å². The van der Waals surface area contributed by atoms with Crippen molar-refractivity contribution in [3.63, 3.8) is 0 Å². The highest BCUT2D eigenvalue weighted by molar-refractivity contribution is 5.80. The Hall–Kier alpha value is -2.29. The predicted octanol–water partition coefficient (Wildman–Crippen LogP) is 1.06. The Morgan fingerprint density at radius 1 is 1.47 bits per heavy atom. The fourth-order valence-corrected chi connectivity index (χ4v) is 1.55. The number of rotatable bonds is 6. The van der Waals surface area contributed by atoms with Crippen LogP contribution in [-0.2, 0) is 6.42 Å². The molecule has 1 rings (SSSR count). The molecule has 1 aromatic heterocycles. The molecule has 1 aromatic rings. The third kappa shape index (κ3) is 5.73. The molecule has 0 saturated heterocycles. The number of guanidine groups is 1. The van der Waals surface area contributed by atoms with Crippen molar-refractivity contribution >= 4 is 5.96 Å². The predicted molar refractivity (Wildman–Crippen MR) is 73.8 cm³/mol. The number of methoxy groups -OCH3 is 1. The molecule has 0 aliphatic rings. The van der Waals surface area contributed by atoms with Crippen LogP contribution in [0.1, 0.15) is 18.5 Å². The van der Waals surface area contributed by atoms with Gasteiger partial charge in [0.15, 0.2) is 6.19 Å². The number of aryl methyl sites for hydroxylation is 1. The van der Waals surface area contributed by atoms with E-state index in [4.69, 9.17) is 10.00 Å². The van der Waals surface area contributed by atoms with Crippen LogP contribution in [0.25, 0.3) is 0 Å². The Kier molecular flexibility index (Phi) is 6.80. The molecule has 0 bridgehead atoms. The monoisotopic (exact) mass is 261 g/mol. The molecule has 0 fully saturated rings. The molecule has 0 saturated carbocycles. The highest BCUT2D eigenvalue weighted by Crippen LogP contribution is 2.09. The van der Waals surface area contributed by atoms with Crippen LogP contribution in [0.5, 0.6) is 5.75 Å². The topological polar surface area (TPSA) is 82.3 Å². The number of aromatic nitrogens is 1. The Morgan fingerprint density at radius 3 is 2.89 bits per heavy atom. The lowest BCUT2D eigenvalue weighted by atomic mass is 10.2. The summed E-state index contributed by atoms with van der Waals surface area (Å²) < 4.78 is 5.05. The molecular formula is C13H19N5O. The summed E-state index contributed by atoms with van der Waals surface area (Å²) in [6.07, 6.45) is 6.50. The summed E-state index contributed by atoms with van der Waals surface area (Å²) in [5, 5.41) is 14.0. The van der Waals surface area contributed by atoms with Crippen LogP contribution >= 0.6 is 0 Å². The number of unbranched alkanes of at least 4 members (excludes halogenated alkanes) is 1. The first-order chi connectivity index (χ1) is 9.30. The number of hydrogen-bond acceptors (Lipinski definition) is 4. The molecule has 0 aliphatic heterocycles. The second-order valence-electron chi connectivity index (χ2n) is 3.88. The van der Waals surface area contributed by atoms with Gasteiger partial charge in [0.1, 0.15) is 5.75 Å². The minimum atomic E-state index is 0.505. The Morgan fingerprint density at radius 2 is 2.32 bits per heavy atom. The van der Waals surface area contributed by atoms with E-state index in [2.05, 4.69) is 20.6 Å². The SMILES string of the molecule is CN=C(NC#N)NCCCCc1ccc(OC)cn1. The van der Waals surface area contributed by atoms with Crippen LogP contribution in [0.3, 0.4) is 0 Å². The van der Waals surface area contributed by atoms with Crippen molar-refractivity contribution in [3.05, 3.63) is 24.0 Å². The van der Waals surface area contributed by atoms with Crippen LogP contribution in [-0.4, -0.2) is 31.6 Å². The van der Waals surface area contributed by atoms with Crippen molar-refractivity contribution in [2.45, 2.75) is 19.3 Å². The van der Waals surface area contributed by atoms with E-state index in [1.54, 1.807) is 20.4 Å². The van der Waals surface area contributed by atoms with Gasteiger partial charge in [-0.3, -0.25) is 15.3 Å². The first-order valence-electron chi connectivity index (χ1n) is 6.15. The molecule has 0 spiro atoms. The molecule has 0 aliphatic carbocycles. The maximum Gasteiger partial charge on any atom is 0.204 e. The Bertz CT molecular complexity index is 435. The molecule has 0 radical (unpaired) electrons. The van der Waals surface area contributed by atoms with Gasteiger partial charge in [0.05, 0.1) is 13.3 Å². The molecule has 2 N–H and O–H groups in total. The van der Waals surface area contributed by atoms with E-state index in [0.717, 1.165) is 37.3 Å². The lowest BCUT2D eigenvalue weighted by molar-refractivity contribution is 0.412. The van der Waals surface area contributed by atoms with Crippen LogP contribution in [0.15, 0.2) is 23.3 Å². The number of ether oxygens (including phenoxy) is 1. The van der Waals surface area contributed by atoms with Gasteiger partial charge < -0.3 is 10.1 Å². The van der Waals surface area contributed by atoms with Crippen LogP contribution in [0.4, 0.5) is 0 Å². The van der Waals surface area contributed by atoms with Crippen LogP contribution in [0, 0.1) is 11.5 Å². The first-order valence-corrected chi connectivity index (χ1v) is 6.15. The van der Waals surface area contributed by atoms with Gasteiger partial charge in [0.25, 0.3) is 0 Å². The second kappa shape index (κ2) is 8.75. The van der Waals surface area contributed by atoms with Crippen molar-refractivity contribution in [2.24, 2.45) is 4.99 Å². The summed E-state index contributed by atoms with van der Waals surface area (Å²) in [5.74, 6) is 1.28. The summed E-state index contributed by atoms with van der Waals surface area (Å²) >= 11 is 0. The maximum absolute atomic E-state index is 8.46.